The third-order valence-electron chi connectivity index (χ3n) is 2.96. The lowest BCUT2D eigenvalue weighted by Gasteiger charge is -2.03. The number of aromatic nitrogens is 2. The number of para-hydroxylation sites is 2. The second-order valence-electron chi connectivity index (χ2n) is 4.30. The van der Waals surface area contributed by atoms with Crippen LogP contribution in [0.25, 0.3) is 11.0 Å². The van der Waals surface area contributed by atoms with Gasteiger partial charge in [-0.2, -0.15) is 0 Å². The first-order chi connectivity index (χ1) is 9.76. The van der Waals surface area contributed by atoms with Crippen molar-refractivity contribution >= 4 is 28.6 Å². The highest BCUT2D eigenvalue weighted by Crippen LogP contribution is 2.18. The van der Waals surface area contributed by atoms with Gasteiger partial charge in [0.05, 0.1) is 23.7 Å². The summed E-state index contributed by atoms with van der Waals surface area (Å²) in [5.41, 5.74) is 3.24. The number of nitrogens with one attached hydrogen (secondary N) is 2. The number of hydrogen-bond acceptors (Lipinski definition) is 4. The largest absolute Gasteiger partial charge is 0.465 e. The van der Waals surface area contributed by atoms with E-state index in [2.05, 4.69) is 20.0 Å². The van der Waals surface area contributed by atoms with E-state index in [0.29, 0.717) is 11.5 Å². The Morgan fingerprint density at radius 1 is 1.15 bits per heavy atom. The van der Waals surface area contributed by atoms with Crippen molar-refractivity contribution in [1.82, 2.24) is 9.97 Å². The molecule has 0 spiro atoms. The number of rotatable bonds is 3. The summed E-state index contributed by atoms with van der Waals surface area (Å²) < 4.78 is 4.66. The van der Waals surface area contributed by atoms with Crippen LogP contribution in [0.3, 0.4) is 0 Å². The summed E-state index contributed by atoms with van der Waals surface area (Å²) >= 11 is 0. The Morgan fingerprint density at radius 3 is 2.60 bits per heavy atom. The zero-order chi connectivity index (χ0) is 13.9. The molecule has 0 radical (unpaired) electrons. The van der Waals surface area contributed by atoms with E-state index in [1.54, 1.807) is 24.3 Å². The zero-order valence-corrected chi connectivity index (χ0v) is 10.9. The van der Waals surface area contributed by atoms with Gasteiger partial charge in [-0.05, 0) is 36.4 Å². The van der Waals surface area contributed by atoms with Crippen LogP contribution in [0.1, 0.15) is 10.4 Å². The average molecular weight is 267 g/mol. The maximum absolute atomic E-state index is 11.3. The molecule has 0 atom stereocenters. The molecule has 0 amide bonds. The van der Waals surface area contributed by atoms with Gasteiger partial charge in [0.2, 0.25) is 5.95 Å². The number of fused-ring (bicyclic) bond motifs is 1. The molecule has 5 nitrogen and oxygen atoms in total. The second kappa shape index (κ2) is 5.05. The minimum absolute atomic E-state index is 0.347. The van der Waals surface area contributed by atoms with Crippen molar-refractivity contribution in [1.29, 1.82) is 0 Å². The minimum atomic E-state index is -0.347. The van der Waals surface area contributed by atoms with E-state index in [1.807, 2.05) is 24.3 Å². The number of esters is 1. The molecule has 5 heteroatoms. The first-order valence-corrected chi connectivity index (χ1v) is 6.16. The van der Waals surface area contributed by atoms with Gasteiger partial charge in [-0.15, -0.1) is 0 Å². The number of carbonyl (C=O) groups excluding carboxylic acids is 1. The fraction of sp³-hybridized carbons (Fsp3) is 0.0667. The van der Waals surface area contributed by atoms with E-state index >= 15 is 0 Å². The number of nitrogens with zero attached hydrogens (tertiary/aromatic N) is 1. The van der Waals surface area contributed by atoms with Gasteiger partial charge in [0, 0.05) is 5.69 Å². The number of anilines is 2. The summed E-state index contributed by atoms with van der Waals surface area (Å²) in [4.78, 5) is 18.9. The van der Waals surface area contributed by atoms with Gasteiger partial charge in [0.15, 0.2) is 0 Å². The molecule has 1 aromatic heterocycles. The van der Waals surface area contributed by atoms with Gasteiger partial charge in [0.25, 0.3) is 0 Å². The Labute approximate surface area is 115 Å². The Kier molecular flexibility index (Phi) is 3.09. The number of imidazole rings is 1. The number of methoxy groups -OCH3 is 1. The third kappa shape index (κ3) is 2.33. The molecule has 0 saturated carbocycles. The highest BCUT2D eigenvalue weighted by Gasteiger charge is 2.05. The van der Waals surface area contributed by atoms with Gasteiger partial charge in [-0.25, -0.2) is 9.78 Å². The normalized spacial score (nSPS) is 10.4. The van der Waals surface area contributed by atoms with Crippen molar-refractivity contribution < 1.29 is 9.53 Å². The Morgan fingerprint density at radius 2 is 1.90 bits per heavy atom. The number of aromatic amines is 1. The van der Waals surface area contributed by atoms with Gasteiger partial charge >= 0.3 is 5.97 Å². The molecule has 100 valence electrons. The van der Waals surface area contributed by atoms with Crippen molar-refractivity contribution in [2.75, 3.05) is 12.4 Å². The fourth-order valence-electron chi connectivity index (χ4n) is 1.96. The highest BCUT2D eigenvalue weighted by molar-refractivity contribution is 5.89. The van der Waals surface area contributed by atoms with E-state index < -0.39 is 0 Å². The van der Waals surface area contributed by atoms with Crippen LogP contribution >= 0.6 is 0 Å². The Hall–Kier alpha value is -2.82. The average Bonchev–Trinajstić information content (AvgIpc) is 2.89. The van der Waals surface area contributed by atoms with Crippen molar-refractivity contribution in [2.45, 2.75) is 0 Å². The van der Waals surface area contributed by atoms with Crippen LogP contribution in [-0.2, 0) is 4.74 Å². The standard InChI is InChI=1S/C15H13N3O2/c1-20-14(19)10-6-8-11(9-7-10)16-15-17-12-4-2-3-5-13(12)18-15/h2-9H,1H3,(H2,16,17,18). The lowest BCUT2D eigenvalue weighted by atomic mass is 10.2. The Bertz CT molecular complexity index is 714. The monoisotopic (exact) mass is 267 g/mol. The molecular formula is C15H13N3O2. The molecule has 0 aliphatic carbocycles. The summed E-state index contributed by atoms with van der Waals surface area (Å²) in [5.74, 6) is 0.317. The molecule has 20 heavy (non-hydrogen) atoms. The SMILES string of the molecule is COC(=O)c1ccc(Nc2nc3ccccc3[nH]2)cc1. The van der Waals surface area contributed by atoms with Gasteiger partial charge in [0.1, 0.15) is 0 Å². The lowest BCUT2D eigenvalue weighted by molar-refractivity contribution is 0.0601. The lowest BCUT2D eigenvalue weighted by Crippen LogP contribution is -2.01. The predicted molar refractivity (Wildman–Crippen MR) is 77.2 cm³/mol. The van der Waals surface area contributed by atoms with E-state index in [1.165, 1.54) is 7.11 Å². The number of hydrogen-bond donors (Lipinski definition) is 2. The number of H-pyrrole nitrogens is 1. The summed E-state index contributed by atoms with van der Waals surface area (Å²) in [6.45, 7) is 0. The van der Waals surface area contributed by atoms with Crippen LogP contribution in [0.15, 0.2) is 48.5 Å². The summed E-state index contributed by atoms with van der Waals surface area (Å²) in [5, 5.41) is 3.16. The molecule has 3 rings (SSSR count). The van der Waals surface area contributed by atoms with Gasteiger partial charge in [-0.3, -0.25) is 0 Å². The third-order valence-corrected chi connectivity index (χ3v) is 2.96. The molecule has 0 aliphatic heterocycles. The number of benzene rings is 2. The molecule has 0 fully saturated rings. The quantitative estimate of drug-likeness (QED) is 0.715. The van der Waals surface area contributed by atoms with Crippen LogP contribution in [0.4, 0.5) is 11.6 Å². The molecule has 3 aromatic rings. The van der Waals surface area contributed by atoms with Crippen LogP contribution in [0.2, 0.25) is 0 Å². The minimum Gasteiger partial charge on any atom is -0.465 e. The van der Waals surface area contributed by atoms with Gasteiger partial charge < -0.3 is 15.0 Å². The molecule has 0 aliphatic rings. The molecule has 2 aromatic carbocycles. The molecule has 1 heterocycles. The number of ether oxygens (including phenoxy) is 1. The van der Waals surface area contributed by atoms with Crippen molar-refractivity contribution in [2.24, 2.45) is 0 Å². The number of carbonyl (C=O) groups is 1. The summed E-state index contributed by atoms with van der Waals surface area (Å²) in [6.07, 6.45) is 0. The van der Waals surface area contributed by atoms with Gasteiger partial charge in [-0.1, -0.05) is 12.1 Å². The first-order valence-electron chi connectivity index (χ1n) is 6.16. The van der Waals surface area contributed by atoms with Crippen molar-refractivity contribution in [3.63, 3.8) is 0 Å². The van der Waals surface area contributed by atoms with Crippen LogP contribution < -0.4 is 5.32 Å². The summed E-state index contributed by atoms with van der Waals surface area (Å²) in [6, 6.07) is 14.8. The van der Waals surface area contributed by atoms with Crippen LogP contribution in [0.5, 0.6) is 0 Å². The molecular weight excluding hydrogens is 254 g/mol. The maximum atomic E-state index is 11.3. The fourth-order valence-corrected chi connectivity index (χ4v) is 1.96. The van der Waals surface area contributed by atoms with E-state index in [9.17, 15) is 4.79 Å². The topological polar surface area (TPSA) is 67.0 Å². The van der Waals surface area contributed by atoms with E-state index in [4.69, 9.17) is 0 Å². The van der Waals surface area contributed by atoms with Crippen LogP contribution in [0, 0.1) is 0 Å². The molecule has 2 N–H and O–H groups in total. The van der Waals surface area contributed by atoms with E-state index in [-0.39, 0.29) is 5.97 Å². The van der Waals surface area contributed by atoms with Crippen molar-refractivity contribution in [3.05, 3.63) is 54.1 Å². The second-order valence-corrected chi connectivity index (χ2v) is 4.30. The molecule has 0 unspecified atom stereocenters. The smallest absolute Gasteiger partial charge is 0.337 e. The van der Waals surface area contributed by atoms with E-state index in [0.717, 1.165) is 16.7 Å². The molecule has 0 saturated heterocycles. The maximum Gasteiger partial charge on any atom is 0.337 e. The summed E-state index contributed by atoms with van der Waals surface area (Å²) in [7, 11) is 1.36. The highest BCUT2D eigenvalue weighted by atomic mass is 16.5. The first kappa shape index (κ1) is 12.2. The zero-order valence-electron chi connectivity index (χ0n) is 10.9. The Balaban J connectivity index is 1.82. The van der Waals surface area contributed by atoms with Crippen LogP contribution in [-0.4, -0.2) is 23.0 Å². The molecule has 0 bridgehead atoms. The van der Waals surface area contributed by atoms with Crippen molar-refractivity contribution in [3.8, 4) is 0 Å². The predicted octanol–water partition coefficient (Wildman–Crippen LogP) is 3.09.